The van der Waals surface area contributed by atoms with E-state index in [-0.39, 0.29) is 63.5 Å². The maximum absolute atomic E-state index is 13.9. The number of aromatic nitrogens is 1. The lowest BCUT2D eigenvalue weighted by Crippen LogP contribution is -2.65. The molecule has 4 fully saturated rings. The third kappa shape index (κ3) is 5.96. The summed E-state index contributed by atoms with van der Waals surface area (Å²) in [4.78, 5) is 55.8. The van der Waals surface area contributed by atoms with E-state index in [1.807, 2.05) is 6.08 Å². The summed E-state index contributed by atoms with van der Waals surface area (Å²) >= 11 is 0. The molecule has 1 aromatic heterocycles. The van der Waals surface area contributed by atoms with Crippen LogP contribution in [0.25, 0.3) is 0 Å². The fourth-order valence-corrected chi connectivity index (χ4v) is 12.5. The molecule has 4 saturated carbocycles. The highest BCUT2D eigenvalue weighted by atomic mass is 19.1. The first-order chi connectivity index (χ1) is 24.1. The topological polar surface area (TPSA) is 123 Å². The molecule has 1 aromatic rings. The van der Waals surface area contributed by atoms with Gasteiger partial charge in [0.25, 0.3) is 0 Å². The molecule has 8 nitrogen and oxygen atoms in total. The predicted molar refractivity (Wildman–Crippen MR) is 197 cm³/mol. The summed E-state index contributed by atoms with van der Waals surface area (Å²) in [6.07, 6.45) is 12.2. The molecule has 6 rings (SSSR count). The van der Waals surface area contributed by atoms with Crippen molar-refractivity contribution < 1.29 is 33.4 Å². The Balaban J connectivity index is 1.28. The van der Waals surface area contributed by atoms with Gasteiger partial charge in [0, 0.05) is 23.3 Å². The van der Waals surface area contributed by atoms with Crippen LogP contribution in [0.4, 0.5) is 10.2 Å². The van der Waals surface area contributed by atoms with E-state index >= 15 is 0 Å². The summed E-state index contributed by atoms with van der Waals surface area (Å²) in [6.45, 7) is 19.4. The molecule has 5 aliphatic rings. The highest BCUT2D eigenvalue weighted by molar-refractivity contribution is 6.02. The maximum Gasteiger partial charge on any atom is 0.309 e. The van der Waals surface area contributed by atoms with Crippen LogP contribution < -0.4 is 5.32 Å². The zero-order valence-electron chi connectivity index (χ0n) is 32.7. The number of ketones is 1. The molecule has 0 spiro atoms. The van der Waals surface area contributed by atoms with Gasteiger partial charge in [-0.15, -0.1) is 0 Å². The van der Waals surface area contributed by atoms with Gasteiger partial charge in [-0.1, -0.05) is 54.5 Å². The molecule has 0 saturated heterocycles. The number of allylic oxidation sites excluding steroid dienone is 3. The number of halogens is 1. The minimum Gasteiger partial charge on any atom is -0.481 e. The summed E-state index contributed by atoms with van der Waals surface area (Å²) in [5, 5.41) is 12.3. The number of ether oxygens (including phenoxy) is 1. The second kappa shape index (κ2) is 12.9. The minimum absolute atomic E-state index is 0.0223. The molecule has 0 aromatic carbocycles. The molecule has 9 heteroatoms. The van der Waals surface area contributed by atoms with E-state index in [9.17, 15) is 28.7 Å². The van der Waals surface area contributed by atoms with E-state index in [4.69, 9.17) is 4.74 Å². The van der Waals surface area contributed by atoms with Crippen molar-refractivity contribution >= 4 is 29.4 Å². The number of pyridine rings is 1. The predicted octanol–water partition coefficient (Wildman–Crippen LogP) is 9.11. The molecule has 1 amide bonds. The molecular formula is C43H59FN2O6. The monoisotopic (exact) mass is 718 g/mol. The lowest BCUT2D eigenvalue weighted by molar-refractivity contribution is -0.232. The van der Waals surface area contributed by atoms with Gasteiger partial charge in [-0.2, -0.15) is 0 Å². The number of nitrogens with zero attached hydrogens (tertiary/aromatic N) is 1. The standard InChI is InChI=1S/C43H59FN2O6/c1-25(2)35-28(47)22-43(19-16-33(48)46-32-13-10-26(44)24-45-32)21-20-41(8)27(36(35)43)11-12-30-40(7)17-15-31(52-34(49)23-38(3,4)37(50)51)39(5,6)29(40)14-18-42(30,41)9/h10,13,16,19,24-25,27,29-31H,11-12,14-15,17-18,20-23H2,1-9H3,(H,50,51)(H,45,46,48)/b19-16+/t27-,29+,30-,31+,40+,41-,42-,43+/m1/s1. The van der Waals surface area contributed by atoms with Gasteiger partial charge in [-0.05, 0) is 128 Å². The zero-order chi connectivity index (χ0) is 38.2. The van der Waals surface area contributed by atoms with Crippen molar-refractivity contribution in [3.05, 3.63) is 47.4 Å². The summed E-state index contributed by atoms with van der Waals surface area (Å²) in [6, 6.07) is 2.70. The maximum atomic E-state index is 13.9. The minimum atomic E-state index is -1.18. The van der Waals surface area contributed by atoms with Gasteiger partial charge in [0.05, 0.1) is 18.0 Å². The Bertz CT molecular complexity index is 1710. The van der Waals surface area contributed by atoms with Gasteiger partial charge < -0.3 is 15.2 Å². The number of nitrogens with one attached hydrogen (secondary N) is 1. The number of amides is 1. The SMILES string of the molecule is CC(C)C1=C2[C@H]3CC[C@@H]4[C@@]5(C)CC[C@H](OC(=O)CC(C)(C)C(=O)O)C(C)(C)[C@@H]5CC[C@@]4(C)[C@]3(C)CC[C@@]2(/C=C/C(=O)Nc2ccc(F)cn2)CC1=O. The summed E-state index contributed by atoms with van der Waals surface area (Å²) < 4.78 is 19.5. The number of carboxylic acids is 1. The molecule has 2 N–H and O–H groups in total. The Morgan fingerprint density at radius 3 is 2.35 bits per heavy atom. The van der Waals surface area contributed by atoms with Gasteiger partial charge in [0.1, 0.15) is 17.7 Å². The molecule has 8 atom stereocenters. The van der Waals surface area contributed by atoms with Gasteiger partial charge >= 0.3 is 11.9 Å². The summed E-state index contributed by atoms with van der Waals surface area (Å²) in [7, 11) is 0. The number of aliphatic carboxylic acids is 1. The Kier molecular flexibility index (Phi) is 9.52. The number of carbonyl (C=O) groups is 4. The van der Waals surface area contributed by atoms with Crippen molar-refractivity contribution in [2.75, 3.05) is 5.32 Å². The van der Waals surface area contributed by atoms with Crippen molar-refractivity contribution in [2.24, 2.45) is 56.2 Å². The number of carboxylic acid groups (broad SMARTS) is 1. The van der Waals surface area contributed by atoms with E-state index in [1.54, 1.807) is 19.9 Å². The van der Waals surface area contributed by atoms with Crippen LogP contribution in [0, 0.1) is 62.0 Å². The fourth-order valence-electron chi connectivity index (χ4n) is 12.5. The molecule has 0 unspecified atom stereocenters. The number of fused-ring (bicyclic) bond motifs is 7. The van der Waals surface area contributed by atoms with Crippen LogP contribution in [0.3, 0.4) is 0 Å². The molecule has 0 bridgehead atoms. The largest absolute Gasteiger partial charge is 0.481 e. The van der Waals surface area contributed by atoms with Gasteiger partial charge in [-0.25, -0.2) is 9.37 Å². The molecule has 5 aliphatic carbocycles. The third-order valence-corrected chi connectivity index (χ3v) is 15.4. The summed E-state index contributed by atoms with van der Waals surface area (Å²) in [5.41, 5.74) is 0.284. The Morgan fingerprint density at radius 2 is 1.71 bits per heavy atom. The van der Waals surface area contributed by atoms with Crippen LogP contribution in [0.5, 0.6) is 0 Å². The number of anilines is 1. The first-order valence-electron chi connectivity index (χ1n) is 19.4. The smallest absolute Gasteiger partial charge is 0.309 e. The van der Waals surface area contributed by atoms with Crippen molar-refractivity contribution in [1.82, 2.24) is 4.98 Å². The first kappa shape index (κ1) is 38.4. The lowest BCUT2D eigenvalue weighted by Gasteiger charge is -2.72. The average Bonchev–Trinajstić information content (AvgIpc) is 3.35. The first-order valence-corrected chi connectivity index (χ1v) is 19.4. The van der Waals surface area contributed by atoms with Crippen LogP contribution in [0.15, 0.2) is 41.6 Å². The molecule has 284 valence electrons. The Labute approximate surface area is 308 Å². The number of hydrogen-bond donors (Lipinski definition) is 2. The van der Waals surface area contributed by atoms with Crippen LogP contribution in [-0.2, 0) is 23.9 Å². The van der Waals surface area contributed by atoms with Crippen LogP contribution in [0.2, 0.25) is 0 Å². The molecule has 1 heterocycles. The van der Waals surface area contributed by atoms with E-state index in [0.717, 1.165) is 63.1 Å². The van der Waals surface area contributed by atoms with Crippen molar-refractivity contribution in [3.63, 3.8) is 0 Å². The molecule has 52 heavy (non-hydrogen) atoms. The van der Waals surface area contributed by atoms with Crippen LogP contribution in [-0.4, -0.2) is 39.8 Å². The second-order valence-corrected chi connectivity index (χ2v) is 19.2. The third-order valence-electron chi connectivity index (χ3n) is 15.4. The van der Waals surface area contributed by atoms with Gasteiger partial charge in [0.2, 0.25) is 5.91 Å². The number of esters is 1. The summed E-state index contributed by atoms with van der Waals surface area (Å²) in [5.74, 6) is -0.681. The van der Waals surface area contributed by atoms with Crippen molar-refractivity contribution in [3.8, 4) is 0 Å². The number of Topliss-reactive ketones (excluding diaryl/α,β-unsaturated/α-hetero) is 1. The number of carbonyl (C=O) groups excluding carboxylic acids is 3. The highest BCUT2D eigenvalue weighted by Crippen LogP contribution is 2.77. The Hall–Kier alpha value is -3.36. The molecule has 0 radical (unpaired) electrons. The number of hydrogen-bond acceptors (Lipinski definition) is 6. The van der Waals surface area contributed by atoms with Crippen molar-refractivity contribution in [2.45, 2.75) is 133 Å². The lowest BCUT2D eigenvalue weighted by atomic mass is 9.33. The van der Waals surface area contributed by atoms with Gasteiger partial charge in [-0.3, -0.25) is 19.2 Å². The van der Waals surface area contributed by atoms with E-state index in [2.05, 4.69) is 58.8 Å². The zero-order valence-corrected chi connectivity index (χ0v) is 32.7. The highest BCUT2D eigenvalue weighted by Gasteiger charge is 2.70. The van der Waals surface area contributed by atoms with Gasteiger partial charge in [0.15, 0.2) is 5.78 Å². The van der Waals surface area contributed by atoms with E-state index < -0.39 is 28.6 Å². The van der Waals surface area contributed by atoms with E-state index in [1.165, 1.54) is 17.7 Å². The Morgan fingerprint density at radius 1 is 1.00 bits per heavy atom. The normalized spacial score (nSPS) is 36.9. The average molecular weight is 719 g/mol. The van der Waals surface area contributed by atoms with Crippen LogP contribution >= 0.6 is 0 Å². The fraction of sp³-hybridized carbons (Fsp3) is 0.698. The molecule has 0 aliphatic heterocycles. The quantitative estimate of drug-likeness (QED) is 0.203. The van der Waals surface area contributed by atoms with Crippen molar-refractivity contribution in [1.29, 1.82) is 0 Å². The molecular weight excluding hydrogens is 659 g/mol. The van der Waals surface area contributed by atoms with E-state index in [0.29, 0.717) is 18.3 Å². The van der Waals surface area contributed by atoms with Crippen LogP contribution in [0.1, 0.15) is 127 Å². The number of rotatable bonds is 8. The second-order valence-electron chi connectivity index (χ2n) is 19.2.